The van der Waals surface area contributed by atoms with E-state index in [-0.39, 0.29) is 35.5 Å². The predicted molar refractivity (Wildman–Crippen MR) is 71.7 cm³/mol. The third kappa shape index (κ3) is 1.39. The van der Waals surface area contributed by atoms with Crippen LogP contribution in [0.1, 0.15) is 6.42 Å². The molecule has 2 bridgehead atoms. The Bertz CT molecular complexity index is 594. The lowest BCUT2D eigenvalue weighted by Gasteiger charge is -2.17. The molecule has 2 aliphatic carbocycles. The van der Waals surface area contributed by atoms with E-state index in [4.69, 9.17) is 11.6 Å². The summed E-state index contributed by atoms with van der Waals surface area (Å²) in [7, 11) is 0. The quantitative estimate of drug-likeness (QED) is 0.583. The van der Waals surface area contributed by atoms with E-state index in [1.54, 1.807) is 24.3 Å². The van der Waals surface area contributed by atoms with Gasteiger partial charge < -0.3 is 0 Å². The number of hydrogen-bond acceptors (Lipinski definition) is 2. The Kier molecular flexibility index (Phi) is 2.19. The lowest BCUT2D eigenvalue weighted by molar-refractivity contribution is -0.123. The topological polar surface area (TPSA) is 37.4 Å². The van der Waals surface area contributed by atoms with Crippen molar-refractivity contribution in [3.05, 3.63) is 41.4 Å². The summed E-state index contributed by atoms with van der Waals surface area (Å²) in [4.78, 5) is 26.4. The van der Waals surface area contributed by atoms with Crippen LogP contribution in [0, 0.1) is 23.7 Å². The SMILES string of the molecule is O=C1C2C3C=CC(C3)C2C(=O)N1c1cccc(Cl)c1. The standard InChI is InChI=1S/C15H12ClNO2/c16-10-2-1-3-11(7-10)17-14(18)12-8-4-5-9(6-8)13(12)15(17)19/h1-5,7-9,12-13H,6H2. The van der Waals surface area contributed by atoms with E-state index in [2.05, 4.69) is 12.2 Å². The largest absolute Gasteiger partial charge is 0.274 e. The van der Waals surface area contributed by atoms with E-state index < -0.39 is 0 Å². The zero-order valence-electron chi connectivity index (χ0n) is 10.1. The van der Waals surface area contributed by atoms with Gasteiger partial charge in [0, 0.05) is 5.02 Å². The van der Waals surface area contributed by atoms with Crippen molar-refractivity contribution >= 4 is 29.1 Å². The van der Waals surface area contributed by atoms with E-state index in [1.807, 2.05) is 0 Å². The van der Waals surface area contributed by atoms with Crippen molar-refractivity contribution in [3.8, 4) is 0 Å². The van der Waals surface area contributed by atoms with Gasteiger partial charge in [0.2, 0.25) is 11.8 Å². The number of halogens is 1. The molecule has 1 saturated heterocycles. The lowest BCUT2D eigenvalue weighted by Crippen LogP contribution is -2.32. The van der Waals surface area contributed by atoms with Gasteiger partial charge in [-0.3, -0.25) is 9.59 Å². The third-order valence-corrected chi connectivity index (χ3v) is 4.77. The van der Waals surface area contributed by atoms with Crippen molar-refractivity contribution in [3.63, 3.8) is 0 Å². The Morgan fingerprint density at radius 3 is 2.26 bits per heavy atom. The van der Waals surface area contributed by atoms with E-state index >= 15 is 0 Å². The van der Waals surface area contributed by atoms with Crippen molar-refractivity contribution in [2.75, 3.05) is 4.90 Å². The summed E-state index contributed by atoms with van der Waals surface area (Å²) in [6, 6.07) is 6.94. The Hall–Kier alpha value is -1.61. The molecule has 4 atom stereocenters. The van der Waals surface area contributed by atoms with Crippen LogP contribution in [0.3, 0.4) is 0 Å². The lowest BCUT2D eigenvalue weighted by atomic mass is 9.85. The molecule has 1 aliphatic heterocycles. The minimum absolute atomic E-state index is 0.0610. The first-order valence-electron chi connectivity index (χ1n) is 6.48. The van der Waals surface area contributed by atoms with Gasteiger partial charge in [0.05, 0.1) is 17.5 Å². The number of rotatable bonds is 1. The first-order chi connectivity index (χ1) is 9.16. The normalized spacial score (nSPS) is 35.3. The van der Waals surface area contributed by atoms with E-state index in [0.717, 1.165) is 6.42 Å². The molecule has 0 radical (unpaired) electrons. The zero-order chi connectivity index (χ0) is 13.1. The number of nitrogens with zero attached hydrogens (tertiary/aromatic N) is 1. The van der Waals surface area contributed by atoms with Crippen molar-refractivity contribution in [1.29, 1.82) is 0 Å². The molecule has 1 heterocycles. The number of imide groups is 1. The second kappa shape index (κ2) is 3.70. The zero-order valence-corrected chi connectivity index (χ0v) is 10.9. The maximum atomic E-state index is 12.5. The number of allylic oxidation sites excluding steroid dienone is 2. The van der Waals surface area contributed by atoms with Crippen LogP contribution >= 0.6 is 11.6 Å². The molecule has 4 rings (SSSR count). The number of hydrogen-bond donors (Lipinski definition) is 0. The molecule has 2 fully saturated rings. The summed E-state index contributed by atoms with van der Waals surface area (Å²) < 4.78 is 0. The third-order valence-electron chi connectivity index (χ3n) is 4.54. The van der Waals surface area contributed by atoms with Crippen LogP contribution in [0.15, 0.2) is 36.4 Å². The summed E-state index contributed by atoms with van der Waals surface area (Å²) >= 11 is 5.95. The number of carbonyl (C=O) groups is 2. The highest BCUT2D eigenvalue weighted by atomic mass is 35.5. The van der Waals surface area contributed by atoms with Crippen LogP contribution in [0.25, 0.3) is 0 Å². The maximum Gasteiger partial charge on any atom is 0.238 e. The first-order valence-corrected chi connectivity index (χ1v) is 6.86. The molecule has 19 heavy (non-hydrogen) atoms. The molecule has 2 amide bonds. The Morgan fingerprint density at radius 2 is 1.68 bits per heavy atom. The van der Waals surface area contributed by atoms with Gasteiger partial charge in [-0.05, 0) is 36.5 Å². The average molecular weight is 274 g/mol. The summed E-state index contributed by atoms with van der Waals surface area (Å²) in [5, 5.41) is 0.538. The summed E-state index contributed by atoms with van der Waals surface area (Å²) in [5.41, 5.74) is 0.594. The van der Waals surface area contributed by atoms with E-state index in [1.165, 1.54) is 4.90 Å². The van der Waals surface area contributed by atoms with Crippen LogP contribution in [0.2, 0.25) is 5.02 Å². The molecule has 3 aliphatic rings. The highest BCUT2D eigenvalue weighted by molar-refractivity contribution is 6.31. The molecule has 1 saturated carbocycles. The molecule has 1 aromatic rings. The van der Waals surface area contributed by atoms with Gasteiger partial charge in [-0.25, -0.2) is 4.90 Å². The number of anilines is 1. The molecule has 0 spiro atoms. The highest BCUT2D eigenvalue weighted by Crippen LogP contribution is 2.53. The summed E-state index contributed by atoms with van der Waals surface area (Å²) in [5.74, 6) is 0.0671. The fourth-order valence-electron chi connectivity index (χ4n) is 3.77. The number of carbonyl (C=O) groups excluding carboxylic acids is 2. The van der Waals surface area contributed by atoms with Crippen LogP contribution in [0.5, 0.6) is 0 Å². The molecule has 96 valence electrons. The van der Waals surface area contributed by atoms with Crippen LogP contribution in [0.4, 0.5) is 5.69 Å². The van der Waals surface area contributed by atoms with Gasteiger partial charge in [-0.1, -0.05) is 29.8 Å². The Balaban J connectivity index is 1.77. The summed E-state index contributed by atoms with van der Waals surface area (Å²) in [6.45, 7) is 0. The molecular weight excluding hydrogens is 262 g/mol. The second-order valence-electron chi connectivity index (χ2n) is 5.49. The van der Waals surface area contributed by atoms with Crippen LogP contribution in [-0.2, 0) is 9.59 Å². The van der Waals surface area contributed by atoms with E-state index in [9.17, 15) is 9.59 Å². The fourth-order valence-corrected chi connectivity index (χ4v) is 3.96. The van der Waals surface area contributed by atoms with Gasteiger partial charge in [0.25, 0.3) is 0 Å². The van der Waals surface area contributed by atoms with Crippen molar-refractivity contribution in [1.82, 2.24) is 0 Å². The summed E-state index contributed by atoms with van der Waals surface area (Å²) in [6.07, 6.45) is 5.15. The van der Waals surface area contributed by atoms with Crippen molar-refractivity contribution in [2.45, 2.75) is 6.42 Å². The molecule has 0 aromatic heterocycles. The van der Waals surface area contributed by atoms with Gasteiger partial charge in [-0.15, -0.1) is 0 Å². The number of fused-ring (bicyclic) bond motifs is 5. The monoisotopic (exact) mass is 273 g/mol. The van der Waals surface area contributed by atoms with Crippen molar-refractivity contribution in [2.24, 2.45) is 23.7 Å². The molecule has 4 unspecified atom stereocenters. The van der Waals surface area contributed by atoms with Gasteiger partial charge in [-0.2, -0.15) is 0 Å². The van der Waals surface area contributed by atoms with Gasteiger partial charge in [0.15, 0.2) is 0 Å². The van der Waals surface area contributed by atoms with Crippen LogP contribution in [-0.4, -0.2) is 11.8 Å². The molecule has 1 aromatic carbocycles. The van der Waals surface area contributed by atoms with Gasteiger partial charge >= 0.3 is 0 Å². The highest BCUT2D eigenvalue weighted by Gasteiger charge is 2.59. The molecule has 4 heteroatoms. The second-order valence-corrected chi connectivity index (χ2v) is 5.93. The average Bonchev–Trinajstić information content (AvgIpc) is 3.04. The minimum atomic E-state index is -0.151. The van der Waals surface area contributed by atoms with E-state index in [0.29, 0.717) is 10.7 Å². The van der Waals surface area contributed by atoms with Crippen molar-refractivity contribution < 1.29 is 9.59 Å². The molecule has 0 N–H and O–H groups in total. The first kappa shape index (κ1) is 11.2. The minimum Gasteiger partial charge on any atom is -0.274 e. The number of benzene rings is 1. The maximum absolute atomic E-state index is 12.5. The molecular formula is C15H12ClNO2. The Morgan fingerprint density at radius 1 is 1.05 bits per heavy atom. The van der Waals surface area contributed by atoms with Crippen LogP contribution < -0.4 is 4.90 Å². The molecule has 3 nitrogen and oxygen atoms in total. The fraction of sp³-hybridized carbons (Fsp3) is 0.333. The predicted octanol–water partition coefficient (Wildman–Crippen LogP) is 2.65. The van der Waals surface area contributed by atoms with Gasteiger partial charge in [0.1, 0.15) is 0 Å². The Labute approximate surface area is 115 Å². The number of amides is 2. The smallest absolute Gasteiger partial charge is 0.238 e.